The van der Waals surface area contributed by atoms with Crippen LogP contribution in [0.15, 0.2) is 0 Å². The molecule has 1 aliphatic carbocycles. The summed E-state index contributed by atoms with van der Waals surface area (Å²) in [6.07, 6.45) is 4.73. The molecule has 3 heteroatoms. The topological polar surface area (TPSA) is 32.7 Å². The van der Waals surface area contributed by atoms with E-state index in [0.717, 1.165) is 24.8 Å². The van der Waals surface area contributed by atoms with Crippen molar-refractivity contribution in [3.05, 3.63) is 0 Å². The van der Waals surface area contributed by atoms with Gasteiger partial charge in [0.1, 0.15) is 0 Å². The van der Waals surface area contributed by atoms with Crippen molar-refractivity contribution in [3.63, 3.8) is 0 Å². The minimum atomic E-state index is -0.421. The lowest BCUT2D eigenvalue weighted by atomic mass is 9.98. The zero-order valence-electron chi connectivity index (χ0n) is 11.5. The highest BCUT2D eigenvalue weighted by atomic mass is 16.5. The molecule has 2 rings (SSSR count). The Kier molecular flexibility index (Phi) is 4.11. The largest absolute Gasteiger partial charge is 0.390 e. The first-order valence-electron chi connectivity index (χ1n) is 6.98. The lowest BCUT2D eigenvalue weighted by molar-refractivity contribution is -0.0820. The zero-order chi connectivity index (χ0) is 12.5. The molecule has 0 radical (unpaired) electrons. The van der Waals surface area contributed by atoms with Crippen molar-refractivity contribution in [1.29, 1.82) is 0 Å². The molecule has 1 saturated carbocycles. The summed E-state index contributed by atoms with van der Waals surface area (Å²) in [5.41, 5.74) is -0.421. The van der Waals surface area contributed by atoms with Crippen LogP contribution >= 0.6 is 0 Å². The molecule has 2 fully saturated rings. The Hall–Kier alpha value is -0.120. The number of hydrogen-bond acceptors (Lipinski definition) is 3. The molecule has 0 amide bonds. The third-order valence-corrected chi connectivity index (χ3v) is 4.85. The van der Waals surface area contributed by atoms with Gasteiger partial charge in [-0.15, -0.1) is 0 Å². The van der Waals surface area contributed by atoms with Crippen molar-refractivity contribution >= 4 is 0 Å². The van der Waals surface area contributed by atoms with Crippen molar-refractivity contribution in [2.75, 3.05) is 26.7 Å². The quantitative estimate of drug-likeness (QED) is 0.798. The number of ether oxygens (including phenoxy) is 1. The van der Waals surface area contributed by atoms with Crippen LogP contribution in [0.4, 0.5) is 0 Å². The van der Waals surface area contributed by atoms with Crippen molar-refractivity contribution in [2.45, 2.75) is 51.2 Å². The smallest absolute Gasteiger partial charge is 0.0880 e. The molecule has 0 bridgehead atoms. The van der Waals surface area contributed by atoms with E-state index in [1.54, 1.807) is 7.11 Å². The lowest BCUT2D eigenvalue weighted by Gasteiger charge is -2.30. The molecule has 0 aromatic rings. The summed E-state index contributed by atoms with van der Waals surface area (Å²) in [5.74, 6) is 1.89. The fourth-order valence-electron chi connectivity index (χ4n) is 3.30. The normalized spacial score (nSPS) is 31.8. The van der Waals surface area contributed by atoms with E-state index in [-0.39, 0.29) is 6.10 Å². The van der Waals surface area contributed by atoms with Gasteiger partial charge in [-0.05, 0) is 44.9 Å². The monoisotopic (exact) mass is 241 g/mol. The van der Waals surface area contributed by atoms with Gasteiger partial charge in [-0.1, -0.05) is 6.42 Å². The van der Waals surface area contributed by atoms with Gasteiger partial charge in [0, 0.05) is 26.7 Å². The predicted molar refractivity (Wildman–Crippen MR) is 69.0 cm³/mol. The van der Waals surface area contributed by atoms with Crippen LogP contribution < -0.4 is 0 Å². The Bertz CT molecular complexity index is 243. The summed E-state index contributed by atoms with van der Waals surface area (Å²) in [6.45, 7) is 7.43. The standard InChI is InChI=1S/C14H27NO2/c1-14(2,17-3)13(16)7-8-15-9-11-5-4-6-12(11)10-15/h11-13,16H,4-10H2,1-3H3. The summed E-state index contributed by atoms with van der Waals surface area (Å²) >= 11 is 0. The van der Waals surface area contributed by atoms with E-state index in [1.807, 2.05) is 13.8 Å². The van der Waals surface area contributed by atoms with Gasteiger partial charge in [0.2, 0.25) is 0 Å². The second-order valence-electron chi connectivity index (χ2n) is 6.32. The van der Waals surface area contributed by atoms with Gasteiger partial charge in [0.25, 0.3) is 0 Å². The molecule has 0 aromatic carbocycles. The molecular weight excluding hydrogens is 214 g/mol. The van der Waals surface area contributed by atoms with E-state index in [0.29, 0.717) is 0 Å². The number of aliphatic hydroxyl groups is 1. The van der Waals surface area contributed by atoms with Crippen LogP contribution in [-0.4, -0.2) is 48.5 Å². The van der Waals surface area contributed by atoms with Gasteiger partial charge < -0.3 is 14.7 Å². The first-order chi connectivity index (χ1) is 8.03. The van der Waals surface area contributed by atoms with E-state index in [1.165, 1.54) is 32.4 Å². The van der Waals surface area contributed by atoms with Gasteiger partial charge in [-0.25, -0.2) is 0 Å². The number of aliphatic hydroxyl groups excluding tert-OH is 1. The highest BCUT2D eigenvalue weighted by molar-refractivity contribution is 4.89. The number of nitrogens with zero attached hydrogens (tertiary/aromatic N) is 1. The maximum atomic E-state index is 10.1. The zero-order valence-corrected chi connectivity index (χ0v) is 11.5. The van der Waals surface area contributed by atoms with Crippen LogP contribution in [0.25, 0.3) is 0 Å². The fraction of sp³-hybridized carbons (Fsp3) is 1.00. The van der Waals surface area contributed by atoms with Crippen molar-refractivity contribution in [3.8, 4) is 0 Å². The minimum Gasteiger partial charge on any atom is -0.390 e. The molecular formula is C14H27NO2. The summed E-state index contributed by atoms with van der Waals surface area (Å²) in [7, 11) is 1.67. The maximum absolute atomic E-state index is 10.1. The molecule has 3 unspecified atom stereocenters. The van der Waals surface area contributed by atoms with E-state index >= 15 is 0 Å². The highest BCUT2D eigenvalue weighted by Gasteiger charge is 2.36. The summed E-state index contributed by atoms with van der Waals surface area (Å²) in [4.78, 5) is 2.53. The molecule has 1 saturated heterocycles. The van der Waals surface area contributed by atoms with Gasteiger partial charge >= 0.3 is 0 Å². The molecule has 2 aliphatic rings. The van der Waals surface area contributed by atoms with Crippen LogP contribution in [0.1, 0.15) is 39.5 Å². The Morgan fingerprint density at radius 1 is 1.29 bits per heavy atom. The Balaban J connectivity index is 1.73. The van der Waals surface area contributed by atoms with E-state index < -0.39 is 5.60 Å². The Labute approximate surface area is 105 Å². The van der Waals surface area contributed by atoms with Crippen molar-refractivity contribution in [2.24, 2.45) is 11.8 Å². The molecule has 1 heterocycles. The number of rotatable bonds is 5. The van der Waals surface area contributed by atoms with Gasteiger partial charge in [-0.3, -0.25) is 0 Å². The summed E-state index contributed by atoms with van der Waals surface area (Å²) in [5, 5.41) is 10.1. The highest BCUT2D eigenvalue weighted by Crippen LogP contribution is 2.37. The Morgan fingerprint density at radius 2 is 1.88 bits per heavy atom. The Morgan fingerprint density at radius 3 is 2.41 bits per heavy atom. The number of methoxy groups -OCH3 is 1. The molecule has 3 atom stereocenters. The first-order valence-corrected chi connectivity index (χ1v) is 6.98. The molecule has 0 spiro atoms. The number of fused-ring (bicyclic) bond motifs is 1. The predicted octanol–water partition coefficient (Wildman–Crippen LogP) is 1.89. The average molecular weight is 241 g/mol. The van der Waals surface area contributed by atoms with Gasteiger partial charge in [0.05, 0.1) is 11.7 Å². The molecule has 3 nitrogen and oxygen atoms in total. The van der Waals surface area contributed by atoms with Crippen LogP contribution in [0.3, 0.4) is 0 Å². The summed E-state index contributed by atoms with van der Waals surface area (Å²) in [6, 6.07) is 0. The second-order valence-corrected chi connectivity index (χ2v) is 6.32. The van der Waals surface area contributed by atoms with Crippen LogP contribution in [0, 0.1) is 11.8 Å². The van der Waals surface area contributed by atoms with Crippen LogP contribution in [0.5, 0.6) is 0 Å². The number of hydrogen-bond donors (Lipinski definition) is 1. The third-order valence-electron chi connectivity index (χ3n) is 4.85. The van der Waals surface area contributed by atoms with Crippen LogP contribution in [-0.2, 0) is 4.74 Å². The molecule has 100 valence electrons. The maximum Gasteiger partial charge on any atom is 0.0880 e. The molecule has 17 heavy (non-hydrogen) atoms. The van der Waals surface area contributed by atoms with E-state index in [9.17, 15) is 5.11 Å². The van der Waals surface area contributed by atoms with Crippen LogP contribution in [0.2, 0.25) is 0 Å². The SMILES string of the molecule is COC(C)(C)C(O)CCN1CC2CCCC2C1. The molecule has 0 aromatic heterocycles. The minimum absolute atomic E-state index is 0.368. The summed E-state index contributed by atoms with van der Waals surface area (Å²) < 4.78 is 5.32. The lowest BCUT2D eigenvalue weighted by Crippen LogP contribution is -2.40. The van der Waals surface area contributed by atoms with E-state index in [2.05, 4.69) is 4.90 Å². The van der Waals surface area contributed by atoms with Crippen molar-refractivity contribution < 1.29 is 9.84 Å². The van der Waals surface area contributed by atoms with E-state index in [4.69, 9.17) is 4.74 Å². The average Bonchev–Trinajstić information content (AvgIpc) is 2.85. The molecule has 1 N–H and O–H groups in total. The number of likely N-dealkylation sites (tertiary alicyclic amines) is 1. The fourth-order valence-corrected chi connectivity index (χ4v) is 3.30. The van der Waals surface area contributed by atoms with Crippen molar-refractivity contribution in [1.82, 2.24) is 4.90 Å². The third kappa shape index (κ3) is 3.01. The van der Waals surface area contributed by atoms with Gasteiger partial charge in [-0.2, -0.15) is 0 Å². The second kappa shape index (κ2) is 5.25. The first kappa shape index (κ1) is 13.3. The molecule has 1 aliphatic heterocycles. The van der Waals surface area contributed by atoms with Gasteiger partial charge in [0.15, 0.2) is 0 Å².